The van der Waals surface area contributed by atoms with E-state index in [9.17, 15) is 9.18 Å². The second-order valence-electron chi connectivity index (χ2n) is 8.37. The molecule has 9 heteroatoms. The normalized spacial score (nSPS) is 21.2. The summed E-state index contributed by atoms with van der Waals surface area (Å²) in [4.78, 5) is 14.0. The van der Waals surface area contributed by atoms with Gasteiger partial charge in [0.25, 0.3) is 5.91 Å². The molecule has 3 unspecified atom stereocenters. The third-order valence-corrected chi connectivity index (χ3v) is 7.78. The van der Waals surface area contributed by atoms with Gasteiger partial charge in [-0.25, -0.2) is 4.39 Å². The van der Waals surface area contributed by atoms with Crippen molar-refractivity contribution in [1.82, 2.24) is 14.9 Å². The molecule has 0 saturated carbocycles. The van der Waals surface area contributed by atoms with Crippen LogP contribution in [0.3, 0.4) is 0 Å². The van der Waals surface area contributed by atoms with E-state index in [0.717, 1.165) is 23.2 Å². The Morgan fingerprint density at radius 3 is 2.88 bits per heavy atom. The van der Waals surface area contributed by atoms with Crippen molar-refractivity contribution < 1.29 is 9.18 Å². The number of thioether (sulfide) groups is 1. The van der Waals surface area contributed by atoms with Crippen molar-refractivity contribution in [3.05, 3.63) is 58.7 Å². The maximum atomic E-state index is 14.4. The quantitative estimate of drug-likeness (QED) is 0.427. The molecular weight excluding hydrogens is 439 g/mol. The summed E-state index contributed by atoms with van der Waals surface area (Å²) in [6.07, 6.45) is 8.66. The molecule has 0 fully saturated rings. The number of rotatable bonds is 7. The number of carbonyl (C=O) groups is 1. The van der Waals surface area contributed by atoms with Crippen molar-refractivity contribution in [2.45, 2.75) is 36.1 Å². The molecule has 0 bridgehead atoms. The predicted octanol–water partition coefficient (Wildman–Crippen LogP) is 3.78. The molecule has 4 rings (SSSR count). The maximum absolute atomic E-state index is 14.4. The highest BCUT2D eigenvalue weighted by atomic mass is 32.2. The molecule has 1 aliphatic carbocycles. The highest BCUT2D eigenvalue weighted by Crippen LogP contribution is 2.37. The highest BCUT2D eigenvalue weighted by Gasteiger charge is 2.32. The second-order valence-corrected chi connectivity index (χ2v) is 9.66. The average Bonchev–Trinajstić information content (AvgIpc) is 3.32. The van der Waals surface area contributed by atoms with Crippen LogP contribution in [-0.2, 0) is 13.6 Å². The summed E-state index contributed by atoms with van der Waals surface area (Å²) in [6, 6.07) is 5.11. The van der Waals surface area contributed by atoms with Gasteiger partial charge >= 0.3 is 0 Å². The van der Waals surface area contributed by atoms with Gasteiger partial charge in [-0.15, -0.1) is 11.8 Å². The molecule has 1 aromatic heterocycles. The van der Waals surface area contributed by atoms with E-state index in [1.165, 1.54) is 6.07 Å². The van der Waals surface area contributed by atoms with Crippen LogP contribution >= 0.6 is 11.8 Å². The van der Waals surface area contributed by atoms with Crippen LogP contribution in [-0.4, -0.2) is 53.3 Å². The molecule has 2 aromatic rings. The minimum absolute atomic E-state index is 0.0243. The third-order valence-electron chi connectivity index (χ3n) is 6.46. The van der Waals surface area contributed by atoms with Gasteiger partial charge in [0.1, 0.15) is 11.5 Å². The number of hydrogen-bond donors (Lipinski definition) is 3. The molecule has 0 spiro atoms. The van der Waals surface area contributed by atoms with E-state index in [1.807, 2.05) is 42.9 Å². The number of fused-ring (bicyclic) bond motifs is 1. The number of anilines is 1. The minimum atomic E-state index is -0.423. The highest BCUT2D eigenvalue weighted by molar-refractivity contribution is 8.00. The lowest BCUT2D eigenvalue weighted by Gasteiger charge is -2.28. The fraction of sp³-hybridized carbons (Fsp3) is 0.375. The minimum Gasteiger partial charge on any atom is -0.387 e. The topological polar surface area (TPSA) is 85.5 Å². The second kappa shape index (κ2) is 9.43. The molecule has 1 aliphatic heterocycles. The third kappa shape index (κ3) is 4.42. The van der Waals surface area contributed by atoms with Gasteiger partial charge in [0, 0.05) is 73.0 Å². The van der Waals surface area contributed by atoms with Crippen LogP contribution in [0.15, 0.2) is 40.3 Å². The van der Waals surface area contributed by atoms with Gasteiger partial charge in [0.05, 0.1) is 11.7 Å². The van der Waals surface area contributed by atoms with Gasteiger partial charge in [0.15, 0.2) is 0 Å². The van der Waals surface area contributed by atoms with Crippen LogP contribution in [0.4, 0.5) is 10.1 Å². The lowest BCUT2D eigenvalue weighted by atomic mass is 9.91. The Hall–Kier alpha value is -3.07. The first-order chi connectivity index (χ1) is 15.8. The van der Waals surface area contributed by atoms with Gasteiger partial charge in [-0.1, -0.05) is 12.2 Å². The molecule has 2 heterocycles. The number of halogens is 1. The Morgan fingerprint density at radius 2 is 2.15 bits per heavy atom. The Bertz CT molecular complexity index is 1140. The van der Waals surface area contributed by atoms with E-state index in [-0.39, 0.29) is 12.5 Å². The fourth-order valence-electron chi connectivity index (χ4n) is 4.43. The van der Waals surface area contributed by atoms with Crippen molar-refractivity contribution in [2.24, 2.45) is 18.1 Å². The number of hydrazone groups is 1. The van der Waals surface area contributed by atoms with Crippen LogP contribution in [0.1, 0.15) is 33.7 Å². The molecule has 0 radical (unpaired) electrons. The number of carbonyl (C=O) groups excluding carboxylic acids is 1. The number of benzene rings is 1. The van der Waals surface area contributed by atoms with E-state index < -0.39 is 5.82 Å². The summed E-state index contributed by atoms with van der Waals surface area (Å²) in [6.45, 7) is 2.03. The monoisotopic (exact) mass is 468 g/mol. The zero-order valence-corrected chi connectivity index (χ0v) is 20.0. The maximum Gasteiger partial charge on any atom is 0.268 e. The molecule has 2 aliphatic rings. The van der Waals surface area contributed by atoms with Crippen molar-refractivity contribution in [1.29, 1.82) is 5.41 Å². The summed E-state index contributed by atoms with van der Waals surface area (Å²) in [5, 5.41) is 20.0. The summed E-state index contributed by atoms with van der Waals surface area (Å²) in [5.74, 6) is -0.275. The molecule has 33 heavy (non-hydrogen) atoms. The molecule has 1 aromatic carbocycles. The van der Waals surface area contributed by atoms with Crippen LogP contribution in [0, 0.1) is 24.1 Å². The van der Waals surface area contributed by atoms with E-state index >= 15 is 0 Å². The zero-order valence-electron chi connectivity index (χ0n) is 19.2. The van der Waals surface area contributed by atoms with Crippen LogP contribution in [0.25, 0.3) is 0 Å². The fourth-order valence-corrected chi connectivity index (χ4v) is 5.73. The Labute approximate surface area is 197 Å². The Balaban J connectivity index is 1.47. The van der Waals surface area contributed by atoms with Crippen molar-refractivity contribution in [2.75, 3.05) is 19.4 Å². The smallest absolute Gasteiger partial charge is 0.268 e. The van der Waals surface area contributed by atoms with Gasteiger partial charge in [-0.05, 0) is 31.5 Å². The van der Waals surface area contributed by atoms with Gasteiger partial charge in [-0.2, -0.15) is 5.10 Å². The Kier molecular flexibility index (Phi) is 6.60. The van der Waals surface area contributed by atoms with Crippen molar-refractivity contribution >= 4 is 35.8 Å². The van der Waals surface area contributed by atoms with Crippen LogP contribution < -0.4 is 10.6 Å². The van der Waals surface area contributed by atoms with E-state index in [4.69, 9.17) is 5.41 Å². The zero-order chi connectivity index (χ0) is 23.7. The van der Waals surface area contributed by atoms with Crippen molar-refractivity contribution in [3.8, 4) is 0 Å². The number of amides is 1. The molecule has 3 N–H and O–H groups in total. The first-order valence-electron chi connectivity index (χ1n) is 10.9. The SMILES string of the molecule is CNc1c(C=N)ccc(F)c1CNC(=O)c1cc(SC2C=CC3C(C=NN3C)C2)c(C)n1C. The van der Waals surface area contributed by atoms with Crippen LogP contribution in [0.5, 0.6) is 0 Å². The summed E-state index contributed by atoms with van der Waals surface area (Å²) >= 11 is 1.76. The molecule has 1 amide bonds. The number of nitrogens with zero attached hydrogens (tertiary/aromatic N) is 3. The molecule has 3 atom stereocenters. The lowest BCUT2D eigenvalue weighted by molar-refractivity contribution is 0.0942. The van der Waals surface area contributed by atoms with Gasteiger partial charge in [0.2, 0.25) is 0 Å². The predicted molar refractivity (Wildman–Crippen MR) is 132 cm³/mol. The van der Waals surface area contributed by atoms with Gasteiger partial charge in [-0.3, -0.25) is 9.80 Å². The van der Waals surface area contributed by atoms with E-state index in [1.54, 1.807) is 24.9 Å². The number of likely N-dealkylation sites (N-methyl/N-ethyl adjacent to an activating group) is 1. The number of aromatic nitrogens is 1. The molecule has 174 valence electrons. The molecule has 7 nitrogen and oxygen atoms in total. The van der Waals surface area contributed by atoms with Crippen molar-refractivity contribution in [3.63, 3.8) is 0 Å². The summed E-state index contributed by atoms with van der Waals surface area (Å²) < 4.78 is 16.3. The number of nitrogens with one attached hydrogen (secondary N) is 3. The van der Waals surface area contributed by atoms with Gasteiger partial charge < -0.3 is 20.6 Å². The van der Waals surface area contributed by atoms with Crippen LogP contribution in [0.2, 0.25) is 0 Å². The largest absolute Gasteiger partial charge is 0.387 e. The standard InChI is InChI=1S/C24H29FN6OS/c1-14-22(33-17-6-8-20-16(9-17)12-29-31(20)4)10-21(30(14)3)24(32)28-13-18-19(25)7-5-15(11-26)23(18)27-2/h5-8,10-12,16-17,20,26-27H,9,13H2,1-4H3,(H,28,32). The first kappa shape index (κ1) is 23.1. The number of hydrogen-bond acceptors (Lipinski definition) is 6. The molecular formula is C24H29FN6OS. The Morgan fingerprint density at radius 1 is 1.36 bits per heavy atom. The summed E-state index contributed by atoms with van der Waals surface area (Å²) in [5.41, 5.74) is 2.96. The van der Waals surface area contributed by atoms with E-state index in [2.05, 4.69) is 27.9 Å². The first-order valence-corrected chi connectivity index (χ1v) is 11.8. The summed E-state index contributed by atoms with van der Waals surface area (Å²) in [7, 11) is 5.54. The lowest BCUT2D eigenvalue weighted by Crippen LogP contribution is -2.32. The molecule has 0 saturated heterocycles. The average molecular weight is 469 g/mol. The van der Waals surface area contributed by atoms with E-state index in [0.29, 0.717) is 39.7 Å².